The molecule has 4 nitrogen and oxygen atoms in total. The number of nitrogens with zero attached hydrogens (tertiary/aromatic N) is 1. The molecule has 1 atom stereocenters. The highest BCUT2D eigenvalue weighted by Gasteiger charge is 2.26. The Labute approximate surface area is 148 Å². The first-order valence-electron chi connectivity index (χ1n) is 10.3. The lowest BCUT2D eigenvalue weighted by Crippen LogP contribution is -2.47. The molecule has 24 heavy (non-hydrogen) atoms. The summed E-state index contributed by atoms with van der Waals surface area (Å²) in [6, 6.07) is -0.308. The van der Waals surface area contributed by atoms with Crippen LogP contribution in [-0.4, -0.2) is 48.3 Å². The van der Waals surface area contributed by atoms with Gasteiger partial charge in [0.25, 0.3) is 0 Å². The van der Waals surface area contributed by atoms with E-state index in [-0.39, 0.29) is 6.04 Å². The molecule has 1 N–H and O–H groups in total. The molecule has 0 amide bonds. The maximum Gasteiger partial charge on any atom is 0.320 e. The zero-order valence-corrected chi connectivity index (χ0v) is 15.8. The summed E-state index contributed by atoms with van der Waals surface area (Å²) in [5.41, 5.74) is 0. The molecule has 1 heterocycles. The highest BCUT2D eigenvalue weighted by molar-refractivity contribution is 5.73. The summed E-state index contributed by atoms with van der Waals surface area (Å²) in [5.74, 6) is -0.667. The lowest BCUT2D eigenvalue weighted by atomic mass is 10.0. The number of aliphatic carboxylic acids is 1. The van der Waals surface area contributed by atoms with Crippen LogP contribution in [0.5, 0.6) is 0 Å². The molecule has 142 valence electrons. The van der Waals surface area contributed by atoms with Crippen molar-refractivity contribution in [1.82, 2.24) is 4.90 Å². The minimum atomic E-state index is -0.667. The van der Waals surface area contributed by atoms with Crippen molar-refractivity contribution >= 4 is 5.97 Å². The summed E-state index contributed by atoms with van der Waals surface area (Å²) in [5, 5.41) is 9.42. The van der Waals surface area contributed by atoms with Crippen molar-refractivity contribution in [3.8, 4) is 0 Å². The molecule has 4 heteroatoms. The first-order valence-corrected chi connectivity index (χ1v) is 10.3. The van der Waals surface area contributed by atoms with E-state index < -0.39 is 5.97 Å². The average molecular weight is 342 g/mol. The number of carboxylic acid groups (broad SMARTS) is 1. The van der Waals surface area contributed by atoms with E-state index in [1.807, 2.05) is 0 Å². The van der Waals surface area contributed by atoms with Gasteiger partial charge in [-0.3, -0.25) is 9.69 Å². The molecule has 0 aromatic heterocycles. The summed E-state index contributed by atoms with van der Waals surface area (Å²) >= 11 is 0. The van der Waals surface area contributed by atoms with Crippen LogP contribution >= 0.6 is 0 Å². The molecule has 1 unspecified atom stereocenters. The Balaban J connectivity index is 1.93. The topological polar surface area (TPSA) is 49.8 Å². The van der Waals surface area contributed by atoms with Gasteiger partial charge in [-0.2, -0.15) is 0 Å². The zero-order valence-electron chi connectivity index (χ0n) is 15.8. The van der Waals surface area contributed by atoms with Gasteiger partial charge in [0.1, 0.15) is 6.04 Å². The Morgan fingerprint density at radius 3 is 1.79 bits per heavy atom. The molecule has 0 bridgehead atoms. The van der Waals surface area contributed by atoms with E-state index >= 15 is 0 Å². The van der Waals surface area contributed by atoms with E-state index in [1.54, 1.807) is 0 Å². The lowest BCUT2D eigenvalue weighted by Gasteiger charge is -2.31. The highest BCUT2D eigenvalue weighted by Crippen LogP contribution is 2.15. The molecule has 1 aliphatic rings. The predicted molar refractivity (Wildman–Crippen MR) is 99.5 cm³/mol. The molecule has 1 rings (SSSR count). The van der Waals surface area contributed by atoms with Gasteiger partial charge in [-0.05, 0) is 6.42 Å². The van der Waals surface area contributed by atoms with Crippen LogP contribution in [0.15, 0.2) is 0 Å². The summed E-state index contributed by atoms with van der Waals surface area (Å²) in [6.45, 7) is 5.12. The van der Waals surface area contributed by atoms with Gasteiger partial charge in [0.05, 0.1) is 13.2 Å². The molecule has 0 saturated carbocycles. The molecule has 1 saturated heterocycles. The Bertz CT molecular complexity index is 303. The largest absolute Gasteiger partial charge is 0.480 e. The third-order valence-electron chi connectivity index (χ3n) is 5.10. The maximum absolute atomic E-state index is 11.4. The van der Waals surface area contributed by atoms with Gasteiger partial charge in [-0.15, -0.1) is 0 Å². The average Bonchev–Trinajstić information content (AvgIpc) is 2.59. The minimum Gasteiger partial charge on any atom is -0.480 e. The van der Waals surface area contributed by atoms with Gasteiger partial charge in [-0.25, -0.2) is 0 Å². The summed E-state index contributed by atoms with van der Waals surface area (Å²) in [4.78, 5) is 13.5. The van der Waals surface area contributed by atoms with Crippen molar-refractivity contribution < 1.29 is 14.6 Å². The first kappa shape index (κ1) is 21.4. The fourth-order valence-corrected chi connectivity index (χ4v) is 3.53. The second-order valence-corrected chi connectivity index (χ2v) is 7.18. The molecule has 0 aliphatic carbocycles. The third kappa shape index (κ3) is 10.3. The maximum atomic E-state index is 11.4. The molecule has 0 spiro atoms. The second kappa shape index (κ2) is 14.7. The highest BCUT2D eigenvalue weighted by atomic mass is 16.5. The van der Waals surface area contributed by atoms with E-state index in [2.05, 4.69) is 11.8 Å². The smallest absolute Gasteiger partial charge is 0.320 e. The van der Waals surface area contributed by atoms with Gasteiger partial charge < -0.3 is 9.84 Å². The SMILES string of the molecule is CCCCCCCCCCCCCCC(C(=O)O)N1CCOCC1. The van der Waals surface area contributed by atoms with Gasteiger partial charge in [-0.1, -0.05) is 84.0 Å². The number of carboxylic acids is 1. The number of unbranched alkanes of at least 4 members (excludes halogenated alkanes) is 11. The van der Waals surface area contributed by atoms with Crippen molar-refractivity contribution in [1.29, 1.82) is 0 Å². The quantitative estimate of drug-likeness (QED) is 0.432. The molecule has 0 radical (unpaired) electrons. The predicted octanol–water partition coefficient (Wildman–Crippen LogP) is 4.86. The van der Waals surface area contributed by atoms with E-state index in [9.17, 15) is 9.90 Å². The van der Waals surface area contributed by atoms with Crippen LogP contribution in [-0.2, 0) is 9.53 Å². The van der Waals surface area contributed by atoms with Crippen LogP contribution in [0.3, 0.4) is 0 Å². The normalized spacial score (nSPS) is 17.0. The molecular formula is C20H39NO3. The Kier molecular flexibility index (Phi) is 13.1. The van der Waals surface area contributed by atoms with Crippen LogP contribution in [0.4, 0.5) is 0 Å². The van der Waals surface area contributed by atoms with Crippen LogP contribution in [0.1, 0.15) is 90.4 Å². The fourth-order valence-electron chi connectivity index (χ4n) is 3.53. The van der Waals surface area contributed by atoms with E-state index in [4.69, 9.17) is 4.74 Å². The van der Waals surface area contributed by atoms with Gasteiger partial charge in [0.15, 0.2) is 0 Å². The van der Waals surface area contributed by atoms with E-state index in [0.29, 0.717) is 13.2 Å². The molecule has 0 aromatic carbocycles. The summed E-state index contributed by atoms with van der Waals surface area (Å²) < 4.78 is 5.31. The molecule has 1 fully saturated rings. The number of morpholine rings is 1. The lowest BCUT2D eigenvalue weighted by molar-refractivity contribution is -0.145. The van der Waals surface area contributed by atoms with Crippen LogP contribution in [0.25, 0.3) is 0 Å². The van der Waals surface area contributed by atoms with E-state index in [1.165, 1.54) is 70.6 Å². The third-order valence-corrected chi connectivity index (χ3v) is 5.10. The van der Waals surface area contributed by atoms with Crippen LogP contribution in [0.2, 0.25) is 0 Å². The zero-order chi connectivity index (χ0) is 17.5. The molecule has 1 aliphatic heterocycles. The number of ether oxygens (including phenoxy) is 1. The Hall–Kier alpha value is -0.610. The van der Waals surface area contributed by atoms with Crippen molar-refractivity contribution in [3.05, 3.63) is 0 Å². The fraction of sp³-hybridized carbons (Fsp3) is 0.950. The Morgan fingerprint density at radius 1 is 0.875 bits per heavy atom. The molecule has 0 aromatic rings. The summed E-state index contributed by atoms with van der Waals surface area (Å²) in [7, 11) is 0. The number of rotatable bonds is 15. The monoisotopic (exact) mass is 341 g/mol. The van der Waals surface area contributed by atoms with Crippen molar-refractivity contribution in [2.45, 2.75) is 96.4 Å². The standard InChI is InChI=1S/C20H39NO3/c1-2-3-4-5-6-7-8-9-10-11-12-13-14-19(20(22)23)21-15-17-24-18-16-21/h19H,2-18H2,1H3,(H,22,23). The second-order valence-electron chi connectivity index (χ2n) is 7.18. The van der Waals surface area contributed by atoms with Crippen molar-refractivity contribution in [2.24, 2.45) is 0 Å². The van der Waals surface area contributed by atoms with Crippen LogP contribution in [0, 0.1) is 0 Å². The van der Waals surface area contributed by atoms with Gasteiger partial charge in [0.2, 0.25) is 0 Å². The summed E-state index contributed by atoms with van der Waals surface area (Å²) in [6.07, 6.45) is 16.6. The Morgan fingerprint density at radius 2 is 1.33 bits per heavy atom. The van der Waals surface area contributed by atoms with E-state index in [0.717, 1.165) is 25.9 Å². The van der Waals surface area contributed by atoms with Gasteiger partial charge >= 0.3 is 5.97 Å². The molecular weight excluding hydrogens is 302 g/mol. The number of hydrogen-bond acceptors (Lipinski definition) is 3. The number of hydrogen-bond donors (Lipinski definition) is 1. The van der Waals surface area contributed by atoms with Gasteiger partial charge in [0, 0.05) is 13.1 Å². The van der Waals surface area contributed by atoms with Crippen LogP contribution < -0.4 is 0 Å². The first-order chi connectivity index (χ1) is 11.8. The minimum absolute atomic E-state index is 0.308. The van der Waals surface area contributed by atoms with Crippen molar-refractivity contribution in [2.75, 3.05) is 26.3 Å². The number of carbonyl (C=O) groups is 1. The van der Waals surface area contributed by atoms with Crippen molar-refractivity contribution in [3.63, 3.8) is 0 Å².